The Bertz CT molecular complexity index is 1520. The maximum Gasteiger partial charge on any atom is 0.490 e. The molecule has 0 aliphatic carbocycles. The minimum Gasteiger partial charge on any atom is -0.475 e. The maximum absolute atomic E-state index is 13.5. The molecule has 43 heavy (non-hydrogen) atoms. The summed E-state index contributed by atoms with van der Waals surface area (Å²) in [6.45, 7) is 4.77. The average molecular weight is 598 g/mol. The number of aromatic nitrogens is 2. The van der Waals surface area contributed by atoms with Crippen molar-refractivity contribution in [3.8, 4) is 0 Å². The van der Waals surface area contributed by atoms with Crippen molar-refractivity contribution in [3.63, 3.8) is 0 Å². The second kappa shape index (κ2) is 15.3. The third-order valence-electron chi connectivity index (χ3n) is 5.91. The van der Waals surface area contributed by atoms with Gasteiger partial charge in [-0.05, 0) is 42.7 Å². The van der Waals surface area contributed by atoms with Crippen molar-refractivity contribution in [1.82, 2.24) is 15.3 Å². The average Bonchev–Trinajstić information content (AvgIpc) is 2.95. The van der Waals surface area contributed by atoms with Crippen molar-refractivity contribution in [2.45, 2.75) is 45.6 Å². The Morgan fingerprint density at radius 1 is 0.837 bits per heavy atom. The zero-order chi connectivity index (χ0) is 31.4. The van der Waals surface area contributed by atoms with Gasteiger partial charge in [0.15, 0.2) is 0 Å². The van der Waals surface area contributed by atoms with Crippen molar-refractivity contribution in [2.24, 2.45) is 0 Å². The lowest BCUT2D eigenvalue weighted by molar-refractivity contribution is -0.192. The number of rotatable bonds is 10. The fraction of sp³-hybridized carbons (Fsp3) is 0.226. The number of aryl methyl sites for hydroxylation is 2. The highest BCUT2D eigenvalue weighted by Crippen LogP contribution is 2.16. The molecular formula is C31H31F4N5O3. The fourth-order valence-corrected chi connectivity index (χ4v) is 3.92. The van der Waals surface area contributed by atoms with Crippen LogP contribution in [0.25, 0.3) is 0 Å². The Labute approximate surface area is 246 Å². The fourth-order valence-electron chi connectivity index (χ4n) is 3.92. The first kappa shape index (κ1) is 32.5. The van der Waals surface area contributed by atoms with Crippen LogP contribution in [0.2, 0.25) is 0 Å². The lowest BCUT2D eigenvalue weighted by Gasteiger charge is -2.20. The third-order valence-corrected chi connectivity index (χ3v) is 5.91. The Morgan fingerprint density at radius 3 is 2.09 bits per heavy atom. The summed E-state index contributed by atoms with van der Waals surface area (Å²) in [6, 6.07) is 25.5. The molecule has 12 heteroatoms. The molecule has 4 aromatic rings. The van der Waals surface area contributed by atoms with Crippen LogP contribution in [0.1, 0.15) is 27.9 Å². The molecule has 8 nitrogen and oxygen atoms in total. The quantitative estimate of drug-likeness (QED) is 0.170. The SMILES string of the molecule is Cc1cccc(CNc2nc(C)cc(N[C@@H](Cc3ccccc3)C(=O)NCc3cccc(F)c3)n2)c1.O=C(O)C(F)(F)F. The van der Waals surface area contributed by atoms with Gasteiger partial charge in [-0.1, -0.05) is 72.3 Å². The van der Waals surface area contributed by atoms with E-state index in [2.05, 4.69) is 45.0 Å². The number of carboxylic acids is 1. The number of amides is 1. The van der Waals surface area contributed by atoms with Gasteiger partial charge in [0.25, 0.3) is 0 Å². The van der Waals surface area contributed by atoms with Crippen LogP contribution in [-0.2, 0) is 29.1 Å². The molecule has 3 aromatic carbocycles. The molecule has 0 spiro atoms. The van der Waals surface area contributed by atoms with Crippen molar-refractivity contribution >= 4 is 23.6 Å². The zero-order valence-electron chi connectivity index (χ0n) is 23.5. The van der Waals surface area contributed by atoms with Gasteiger partial charge in [-0.3, -0.25) is 4.79 Å². The lowest BCUT2D eigenvalue weighted by atomic mass is 10.0. The van der Waals surface area contributed by atoms with Crippen LogP contribution < -0.4 is 16.0 Å². The molecule has 0 aliphatic rings. The molecule has 0 fully saturated rings. The van der Waals surface area contributed by atoms with Crippen LogP contribution in [0.4, 0.5) is 29.3 Å². The molecule has 1 amide bonds. The zero-order valence-corrected chi connectivity index (χ0v) is 23.5. The number of carbonyl (C=O) groups excluding carboxylic acids is 1. The number of nitrogens with zero attached hydrogens (tertiary/aromatic N) is 2. The number of carboxylic acid groups (broad SMARTS) is 1. The van der Waals surface area contributed by atoms with Crippen molar-refractivity contribution in [3.05, 3.63) is 119 Å². The van der Waals surface area contributed by atoms with Crippen LogP contribution in [-0.4, -0.2) is 39.2 Å². The first-order chi connectivity index (χ1) is 20.4. The highest BCUT2D eigenvalue weighted by Gasteiger charge is 2.38. The van der Waals surface area contributed by atoms with Crippen LogP contribution >= 0.6 is 0 Å². The van der Waals surface area contributed by atoms with Gasteiger partial charge in [-0.2, -0.15) is 18.2 Å². The summed E-state index contributed by atoms with van der Waals surface area (Å²) < 4.78 is 45.3. The molecule has 0 unspecified atom stereocenters. The topological polar surface area (TPSA) is 116 Å². The van der Waals surface area contributed by atoms with Gasteiger partial charge < -0.3 is 21.1 Å². The molecule has 1 atom stereocenters. The van der Waals surface area contributed by atoms with Gasteiger partial charge in [0.05, 0.1) is 0 Å². The van der Waals surface area contributed by atoms with Crippen LogP contribution in [0.5, 0.6) is 0 Å². The summed E-state index contributed by atoms with van der Waals surface area (Å²) in [5.41, 5.74) is 4.81. The summed E-state index contributed by atoms with van der Waals surface area (Å²) >= 11 is 0. The van der Waals surface area contributed by atoms with E-state index >= 15 is 0 Å². The lowest BCUT2D eigenvalue weighted by Crippen LogP contribution is -2.41. The smallest absolute Gasteiger partial charge is 0.475 e. The van der Waals surface area contributed by atoms with Gasteiger partial charge >= 0.3 is 12.1 Å². The second-order valence-electron chi connectivity index (χ2n) is 9.60. The first-order valence-corrected chi connectivity index (χ1v) is 13.2. The van der Waals surface area contributed by atoms with Crippen LogP contribution in [0, 0.1) is 19.7 Å². The molecule has 0 aliphatic heterocycles. The molecule has 4 N–H and O–H groups in total. The number of nitrogens with one attached hydrogen (secondary N) is 3. The van der Waals surface area contributed by atoms with E-state index in [9.17, 15) is 22.4 Å². The van der Waals surface area contributed by atoms with Crippen LogP contribution in [0.3, 0.4) is 0 Å². The number of aliphatic carboxylic acids is 1. The van der Waals surface area contributed by atoms with Gasteiger partial charge in [0.2, 0.25) is 11.9 Å². The van der Waals surface area contributed by atoms with E-state index in [1.807, 2.05) is 55.5 Å². The first-order valence-electron chi connectivity index (χ1n) is 13.2. The monoisotopic (exact) mass is 597 g/mol. The summed E-state index contributed by atoms with van der Waals surface area (Å²) in [6.07, 6.45) is -4.62. The number of alkyl halides is 3. The maximum atomic E-state index is 13.5. The second-order valence-corrected chi connectivity index (χ2v) is 9.60. The van der Waals surface area contributed by atoms with E-state index in [1.54, 1.807) is 12.1 Å². The van der Waals surface area contributed by atoms with Crippen LogP contribution in [0.15, 0.2) is 84.9 Å². The van der Waals surface area contributed by atoms with Crippen molar-refractivity contribution in [1.29, 1.82) is 0 Å². The summed E-state index contributed by atoms with van der Waals surface area (Å²) in [5.74, 6) is -2.25. The normalized spacial score (nSPS) is 11.5. The number of hydrogen-bond donors (Lipinski definition) is 4. The summed E-state index contributed by atoms with van der Waals surface area (Å²) in [4.78, 5) is 31.2. The predicted octanol–water partition coefficient (Wildman–Crippen LogP) is 5.82. The van der Waals surface area contributed by atoms with Gasteiger partial charge in [-0.15, -0.1) is 0 Å². The number of benzene rings is 3. The van der Waals surface area contributed by atoms with E-state index in [0.717, 1.165) is 16.8 Å². The van der Waals surface area contributed by atoms with E-state index in [4.69, 9.17) is 9.90 Å². The largest absolute Gasteiger partial charge is 0.490 e. The molecule has 226 valence electrons. The summed E-state index contributed by atoms with van der Waals surface area (Å²) in [5, 5.41) is 16.6. The highest BCUT2D eigenvalue weighted by atomic mass is 19.4. The van der Waals surface area contributed by atoms with Gasteiger partial charge in [0, 0.05) is 31.3 Å². The predicted molar refractivity (Wildman–Crippen MR) is 155 cm³/mol. The van der Waals surface area contributed by atoms with E-state index < -0.39 is 18.2 Å². The summed E-state index contributed by atoms with van der Waals surface area (Å²) in [7, 11) is 0. The van der Waals surface area contributed by atoms with Crippen molar-refractivity contribution < 1.29 is 32.3 Å². The number of halogens is 4. The molecule has 0 radical (unpaired) electrons. The Kier molecular flexibility index (Phi) is 11.6. The van der Waals surface area contributed by atoms with Gasteiger partial charge in [0.1, 0.15) is 17.7 Å². The standard InChI is InChI=1S/C29H30FN5O.C2HF3O2/c1-20-8-6-11-23(14-20)19-32-29-33-21(2)15-27(35-29)34-26(17-22-9-4-3-5-10-22)28(36)31-18-24-12-7-13-25(30)16-24;3-2(4,5)1(6)7/h3-16,26H,17-19H2,1-2H3,(H,31,36)(H2,32,33,34,35);(H,6,7)/t26-;/m0./s1. The minimum absolute atomic E-state index is 0.200. The molecule has 0 saturated heterocycles. The number of carbonyl (C=O) groups is 2. The molecule has 0 bridgehead atoms. The highest BCUT2D eigenvalue weighted by molar-refractivity contribution is 5.84. The molecule has 0 saturated carbocycles. The molecule has 1 aromatic heterocycles. The molecule has 4 rings (SSSR count). The Morgan fingerprint density at radius 2 is 1.47 bits per heavy atom. The van der Waals surface area contributed by atoms with Gasteiger partial charge in [-0.25, -0.2) is 14.2 Å². The van der Waals surface area contributed by atoms with E-state index in [1.165, 1.54) is 17.7 Å². The Balaban J connectivity index is 0.000000646. The van der Waals surface area contributed by atoms with Crippen molar-refractivity contribution in [2.75, 3.05) is 10.6 Å². The minimum atomic E-state index is -5.08. The Hall–Kier alpha value is -5.00. The van der Waals surface area contributed by atoms with E-state index in [-0.39, 0.29) is 18.3 Å². The molecular weight excluding hydrogens is 566 g/mol. The number of anilines is 2. The molecule has 1 heterocycles. The third kappa shape index (κ3) is 11.4. The van der Waals surface area contributed by atoms with E-state index in [0.29, 0.717) is 30.3 Å². The number of hydrogen-bond acceptors (Lipinski definition) is 6.